The van der Waals surface area contributed by atoms with Gasteiger partial charge in [-0.3, -0.25) is 9.78 Å². The summed E-state index contributed by atoms with van der Waals surface area (Å²) in [7, 11) is 1.78. The molecule has 0 spiro atoms. The van der Waals surface area contributed by atoms with Gasteiger partial charge in [0.15, 0.2) is 0 Å². The fourth-order valence-corrected chi connectivity index (χ4v) is 1.99. The molecule has 0 bridgehead atoms. The van der Waals surface area contributed by atoms with E-state index in [9.17, 15) is 4.79 Å². The number of nitrogens with one attached hydrogen (secondary N) is 1. The highest BCUT2D eigenvalue weighted by atomic mass is 35.5. The standard InChI is InChI=1S/C17H21ClN2O/c1-5-14(10-15(18)6-2)16-8-7-13(11-20-16)9-17(19-4)12(3)21/h5-8,10-11,17,19H,1,9H2,2-4H3/b14-10+,15-6+/t17-/m0/s1. The molecule has 0 saturated carbocycles. The van der Waals surface area contributed by atoms with Crippen molar-refractivity contribution in [3.8, 4) is 0 Å². The van der Waals surface area contributed by atoms with Crippen LogP contribution in [0, 0.1) is 0 Å². The Labute approximate surface area is 131 Å². The number of hydrogen-bond donors (Lipinski definition) is 1. The molecule has 21 heavy (non-hydrogen) atoms. The Hall–Kier alpha value is -1.71. The van der Waals surface area contributed by atoms with E-state index in [2.05, 4.69) is 16.9 Å². The van der Waals surface area contributed by atoms with E-state index in [1.807, 2.05) is 31.2 Å². The average molecular weight is 305 g/mol. The smallest absolute Gasteiger partial charge is 0.147 e. The van der Waals surface area contributed by atoms with Gasteiger partial charge in [-0.05, 0) is 45.0 Å². The van der Waals surface area contributed by atoms with Gasteiger partial charge < -0.3 is 5.32 Å². The molecule has 0 saturated heterocycles. The minimum atomic E-state index is -0.176. The van der Waals surface area contributed by atoms with Gasteiger partial charge in [0.25, 0.3) is 0 Å². The Bertz CT molecular complexity index is 559. The van der Waals surface area contributed by atoms with Crippen LogP contribution in [0.3, 0.4) is 0 Å². The first kappa shape index (κ1) is 17.3. The average Bonchev–Trinajstić information content (AvgIpc) is 2.50. The van der Waals surface area contributed by atoms with Crippen molar-refractivity contribution in [2.24, 2.45) is 0 Å². The highest BCUT2D eigenvalue weighted by Crippen LogP contribution is 2.18. The molecular formula is C17H21ClN2O. The summed E-state index contributed by atoms with van der Waals surface area (Å²) in [5, 5.41) is 3.64. The number of halogens is 1. The maximum absolute atomic E-state index is 11.4. The summed E-state index contributed by atoms with van der Waals surface area (Å²) >= 11 is 6.01. The van der Waals surface area contributed by atoms with Gasteiger partial charge >= 0.3 is 0 Å². The van der Waals surface area contributed by atoms with E-state index in [4.69, 9.17) is 11.6 Å². The van der Waals surface area contributed by atoms with Crippen molar-refractivity contribution in [2.75, 3.05) is 7.05 Å². The van der Waals surface area contributed by atoms with Crippen LogP contribution >= 0.6 is 11.6 Å². The molecule has 112 valence electrons. The summed E-state index contributed by atoms with van der Waals surface area (Å²) in [5.41, 5.74) is 2.67. The second kappa shape index (κ2) is 8.55. The van der Waals surface area contributed by atoms with Crippen molar-refractivity contribution in [2.45, 2.75) is 26.3 Å². The molecule has 1 heterocycles. The van der Waals surface area contributed by atoms with Crippen molar-refractivity contribution in [3.63, 3.8) is 0 Å². The van der Waals surface area contributed by atoms with Gasteiger partial charge in [-0.15, -0.1) is 0 Å². The fraction of sp³-hybridized carbons (Fsp3) is 0.294. The van der Waals surface area contributed by atoms with Crippen molar-refractivity contribution >= 4 is 23.0 Å². The highest BCUT2D eigenvalue weighted by molar-refractivity contribution is 6.31. The Morgan fingerprint density at radius 3 is 2.67 bits per heavy atom. The molecule has 1 aromatic heterocycles. The maximum atomic E-state index is 11.4. The minimum absolute atomic E-state index is 0.119. The van der Waals surface area contributed by atoms with Gasteiger partial charge in [-0.2, -0.15) is 0 Å². The van der Waals surface area contributed by atoms with Crippen LogP contribution in [0.15, 0.2) is 48.2 Å². The van der Waals surface area contributed by atoms with E-state index in [1.165, 1.54) is 0 Å². The summed E-state index contributed by atoms with van der Waals surface area (Å²) in [4.78, 5) is 15.8. The van der Waals surface area contributed by atoms with Gasteiger partial charge in [0.2, 0.25) is 0 Å². The van der Waals surface area contributed by atoms with E-state index < -0.39 is 0 Å². The van der Waals surface area contributed by atoms with Crippen molar-refractivity contribution in [3.05, 3.63) is 59.4 Å². The molecule has 1 N–H and O–H groups in total. The van der Waals surface area contributed by atoms with E-state index in [0.29, 0.717) is 11.5 Å². The van der Waals surface area contributed by atoms with Crippen LogP contribution in [0.1, 0.15) is 25.1 Å². The van der Waals surface area contributed by atoms with Gasteiger partial charge in [-0.1, -0.05) is 36.4 Å². The van der Waals surface area contributed by atoms with E-state index in [-0.39, 0.29) is 11.8 Å². The summed E-state index contributed by atoms with van der Waals surface area (Å²) in [6.45, 7) is 7.24. The molecule has 0 radical (unpaired) electrons. The van der Waals surface area contributed by atoms with E-state index in [1.54, 1.807) is 26.2 Å². The van der Waals surface area contributed by atoms with Gasteiger partial charge in [0.05, 0.1) is 11.7 Å². The molecule has 3 nitrogen and oxygen atoms in total. The first-order valence-electron chi connectivity index (χ1n) is 6.80. The number of carbonyl (C=O) groups excluding carboxylic acids is 1. The Balaban J connectivity index is 2.94. The van der Waals surface area contributed by atoms with Crippen LogP contribution in [0.4, 0.5) is 0 Å². The number of rotatable bonds is 7. The first-order valence-corrected chi connectivity index (χ1v) is 7.18. The second-order valence-electron chi connectivity index (χ2n) is 4.69. The number of carbonyl (C=O) groups is 1. The third-order valence-corrected chi connectivity index (χ3v) is 3.52. The molecule has 0 amide bonds. The predicted octanol–water partition coefficient (Wildman–Crippen LogP) is 3.51. The molecule has 0 unspecified atom stereocenters. The molecule has 0 aromatic carbocycles. The maximum Gasteiger partial charge on any atom is 0.147 e. The minimum Gasteiger partial charge on any atom is -0.310 e. The van der Waals surface area contributed by atoms with Crippen molar-refractivity contribution in [1.29, 1.82) is 0 Å². The summed E-state index contributed by atoms with van der Waals surface area (Å²) < 4.78 is 0. The van der Waals surface area contributed by atoms with Crippen molar-refractivity contribution < 1.29 is 4.79 Å². The van der Waals surface area contributed by atoms with Crippen LogP contribution < -0.4 is 5.32 Å². The lowest BCUT2D eigenvalue weighted by atomic mass is 10.0. The number of likely N-dealkylation sites (N-methyl/N-ethyl adjacent to an activating group) is 1. The molecule has 1 atom stereocenters. The van der Waals surface area contributed by atoms with Crippen LogP contribution in [0.2, 0.25) is 0 Å². The summed E-state index contributed by atoms with van der Waals surface area (Å²) in [6, 6.07) is 3.70. The number of allylic oxidation sites excluding steroid dienone is 5. The largest absolute Gasteiger partial charge is 0.310 e. The number of pyridine rings is 1. The number of Topliss-reactive ketones (excluding diaryl/α,β-unsaturated/α-hetero) is 1. The quantitative estimate of drug-likeness (QED) is 0.784. The molecule has 1 aromatic rings. The number of nitrogens with zero attached hydrogens (tertiary/aromatic N) is 1. The lowest BCUT2D eigenvalue weighted by Gasteiger charge is -2.12. The normalized spacial score (nSPS) is 13.9. The van der Waals surface area contributed by atoms with E-state index >= 15 is 0 Å². The third-order valence-electron chi connectivity index (χ3n) is 3.19. The topological polar surface area (TPSA) is 42.0 Å². The van der Waals surface area contributed by atoms with Gasteiger partial charge in [0, 0.05) is 16.8 Å². The zero-order valence-electron chi connectivity index (χ0n) is 12.7. The Morgan fingerprint density at radius 2 is 2.24 bits per heavy atom. The lowest BCUT2D eigenvalue weighted by Crippen LogP contribution is -2.34. The molecule has 4 heteroatoms. The third kappa shape index (κ3) is 5.29. The number of ketones is 1. The monoisotopic (exact) mass is 304 g/mol. The van der Waals surface area contributed by atoms with E-state index in [0.717, 1.165) is 16.8 Å². The number of hydrogen-bond acceptors (Lipinski definition) is 3. The van der Waals surface area contributed by atoms with Gasteiger partial charge in [-0.25, -0.2) is 0 Å². The zero-order chi connectivity index (χ0) is 15.8. The molecule has 0 fully saturated rings. The Kier molecular flexibility index (Phi) is 7.06. The zero-order valence-corrected chi connectivity index (χ0v) is 13.4. The predicted molar refractivity (Wildman–Crippen MR) is 89.3 cm³/mol. The van der Waals surface area contributed by atoms with Crippen molar-refractivity contribution in [1.82, 2.24) is 10.3 Å². The molecular weight excluding hydrogens is 284 g/mol. The molecule has 0 aliphatic carbocycles. The highest BCUT2D eigenvalue weighted by Gasteiger charge is 2.12. The SMILES string of the molecule is C=C/C(=C\C(Cl)=C/C)c1ccc(C[C@H](NC)C(C)=O)cn1. The summed E-state index contributed by atoms with van der Waals surface area (Å²) in [5.74, 6) is 0.119. The second-order valence-corrected chi connectivity index (χ2v) is 5.12. The van der Waals surface area contributed by atoms with Crippen LogP contribution in [-0.4, -0.2) is 23.9 Å². The molecule has 0 aliphatic rings. The van der Waals surface area contributed by atoms with Crippen LogP contribution in [0.5, 0.6) is 0 Å². The fourth-order valence-electron chi connectivity index (χ4n) is 1.87. The van der Waals surface area contributed by atoms with Crippen LogP contribution in [-0.2, 0) is 11.2 Å². The first-order chi connectivity index (χ1) is 10.0. The number of aromatic nitrogens is 1. The summed E-state index contributed by atoms with van der Waals surface area (Å²) in [6.07, 6.45) is 7.76. The Morgan fingerprint density at radius 1 is 1.52 bits per heavy atom. The lowest BCUT2D eigenvalue weighted by molar-refractivity contribution is -0.118. The van der Waals surface area contributed by atoms with Gasteiger partial charge in [0.1, 0.15) is 5.78 Å². The molecule has 0 aliphatic heterocycles. The van der Waals surface area contributed by atoms with Crippen LogP contribution in [0.25, 0.3) is 5.57 Å². The molecule has 1 rings (SSSR count).